The van der Waals surface area contributed by atoms with E-state index >= 15 is 0 Å². The molecule has 36 heavy (non-hydrogen) atoms. The number of benzene rings is 1. The van der Waals surface area contributed by atoms with Crippen molar-refractivity contribution >= 4 is 62.9 Å². The summed E-state index contributed by atoms with van der Waals surface area (Å²) < 4.78 is 21.7. The molecule has 1 aliphatic rings. The van der Waals surface area contributed by atoms with Crippen molar-refractivity contribution in [1.29, 1.82) is 0 Å². The number of nitrogens with zero attached hydrogens (tertiary/aromatic N) is 5. The molecule has 190 valence electrons. The van der Waals surface area contributed by atoms with Crippen LogP contribution >= 0.6 is 11.3 Å². The van der Waals surface area contributed by atoms with Crippen LogP contribution in [0.4, 0.5) is 28.4 Å². The van der Waals surface area contributed by atoms with Gasteiger partial charge in [0.05, 0.1) is 17.9 Å². The van der Waals surface area contributed by atoms with Gasteiger partial charge >= 0.3 is 5.97 Å². The average Bonchev–Trinajstić information content (AvgIpc) is 3.22. The molecule has 1 fully saturated rings. The van der Waals surface area contributed by atoms with Crippen molar-refractivity contribution in [2.45, 2.75) is 13.5 Å². The van der Waals surface area contributed by atoms with Crippen LogP contribution in [0, 0.1) is 6.92 Å². The first-order valence-electron chi connectivity index (χ1n) is 10.8. The maximum atomic E-state index is 11.9. The van der Waals surface area contributed by atoms with E-state index in [1.165, 1.54) is 11.4 Å². The molecular weight excluding hydrogens is 508 g/mol. The Morgan fingerprint density at radius 1 is 1.28 bits per heavy atom. The van der Waals surface area contributed by atoms with E-state index in [1.807, 2.05) is 17.0 Å². The Kier molecular flexibility index (Phi) is 7.61. The van der Waals surface area contributed by atoms with Crippen molar-refractivity contribution in [3.8, 4) is 0 Å². The quantitative estimate of drug-likeness (QED) is 0.254. The zero-order valence-electron chi connectivity index (χ0n) is 19.4. The molecule has 0 saturated carbocycles. The van der Waals surface area contributed by atoms with Gasteiger partial charge in [-0.25, -0.2) is 14.0 Å². The maximum absolute atomic E-state index is 11.9. The first kappa shape index (κ1) is 25.3. The van der Waals surface area contributed by atoms with Crippen LogP contribution in [0.2, 0.25) is 0 Å². The highest BCUT2D eigenvalue weighted by atomic mass is 32.2. The van der Waals surface area contributed by atoms with Gasteiger partial charge in [0.25, 0.3) is 11.3 Å². The summed E-state index contributed by atoms with van der Waals surface area (Å²) in [4.78, 5) is 38.5. The lowest BCUT2D eigenvalue weighted by Gasteiger charge is -2.28. The second-order valence-corrected chi connectivity index (χ2v) is 9.83. The number of aryl methyl sites for hydroxylation is 1. The minimum absolute atomic E-state index is 0.112. The standard InChI is InChI=1S/C21H24N8O5S2/c1-12-18(19(31)32)35-21(24-12)27-20-25-15(9-16(26-20)29-8-7-22-17(30)11-29)23-10-13-3-5-14(6-4-13)28(2)36(33)34/h3-6,9H,7-8,10-11H2,1-2H3,(H,22,30)(H,31,32)(H,33,34)(H2,23,24,25,26,27). The SMILES string of the molecule is Cc1nc(Nc2nc(NCc3ccc(N(C)S(=O)O)cc3)cc(N3CCNC(=O)C3)n2)sc1C(=O)O. The molecule has 3 heterocycles. The summed E-state index contributed by atoms with van der Waals surface area (Å²) >= 11 is -1.13. The zero-order valence-corrected chi connectivity index (χ0v) is 21.0. The van der Waals surface area contributed by atoms with Gasteiger partial charge in [-0.05, 0) is 24.6 Å². The van der Waals surface area contributed by atoms with Crippen molar-refractivity contribution < 1.29 is 23.5 Å². The number of nitrogens with one attached hydrogen (secondary N) is 3. The first-order valence-corrected chi connectivity index (χ1v) is 12.6. The van der Waals surface area contributed by atoms with Gasteiger partial charge in [0.15, 0.2) is 5.13 Å². The Balaban J connectivity index is 1.56. The number of aromatic carboxylic acids is 1. The second kappa shape index (κ2) is 10.8. The van der Waals surface area contributed by atoms with Crippen LogP contribution < -0.4 is 25.2 Å². The lowest BCUT2D eigenvalue weighted by molar-refractivity contribution is -0.120. The molecule has 0 bridgehead atoms. The number of thiazole rings is 1. The van der Waals surface area contributed by atoms with Crippen LogP contribution in [0.3, 0.4) is 0 Å². The van der Waals surface area contributed by atoms with Gasteiger partial charge in [0.2, 0.25) is 11.9 Å². The third-order valence-electron chi connectivity index (χ3n) is 5.29. The lowest BCUT2D eigenvalue weighted by atomic mass is 10.2. The summed E-state index contributed by atoms with van der Waals surface area (Å²) in [5.74, 6) is 0.0437. The molecule has 13 nitrogen and oxygen atoms in total. The number of aromatic nitrogens is 3. The van der Waals surface area contributed by atoms with E-state index < -0.39 is 17.2 Å². The minimum Gasteiger partial charge on any atom is -0.477 e. The number of piperazine rings is 1. The molecule has 4 rings (SSSR count). The summed E-state index contributed by atoms with van der Waals surface area (Å²) in [6, 6.07) is 8.86. The number of rotatable bonds is 9. The largest absolute Gasteiger partial charge is 0.477 e. The van der Waals surface area contributed by atoms with Gasteiger partial charge in [-0.2, -0.15) is 9.97 Å². The van der Waals surface area contributed by atoms with E-state index in [1.54, 1.807) is 25.1 Å². The van der Waals surface area contributed by atoms with Crippen LogP contribution in [-0.4, -0.2) is 67.4 Å². The average molecular weight is 533 g/mol. The molecule has 1 atom stereocenters. The monoisotopic (exact) mass is 532 g/mol. The van der Waals surface area contributed by atoms with Crippen LogP contribution in [0.1, 0.15) is 20.9 Å². The minimum atomic E-state index is -2.11. The van der Waals surface area contributed by atoms with Crippen molar-refractivity contribution in [3.63, 3.8) is 0 Å². The Morgan fingerprint density at radius 2 is 2.03 bits per heavy atom. The Morgan fingerprint density at radius 3 is 2.67 bits per heavy atom. The van der Waals surface area contributed by atoms with E-state index in [4.69, 9.17) is 0 Å². The Labute approximate surface area is 213 Å². The fourth-order valence-electron chi connectivity index (χ4n) is 3.43. The van der Waals surface area contributed by atoms with E-state index in [2.05, 4.69) is 30.9 Å². The molecule has 0 spiro atoms. The molecule has 1 saturated heterocycles. The zero-order chi connectivity index (χ0) is 25.8. The molecule has 0 aliphatic carbocycles. The molecule has 2 aromatic heterocycles. The fourth-order valence-corrected chi connectivity index (χ4v) is 4.53. The number of anilines is 5. The number of amides is 1. The first-order chi connectivity index (χ1) is 17.2. The predicted molar refractivity (Wildman–Crippen MR) is 137 cm³/mol. The van der Waals surface area contributed by atoms with E-state index in [0.29, 0.717) is 47.8 Å². The summed E-state index contributed by atoms with van der Waals surface area (Å²) in [6.07, 6.45) is 0. The normalized spacial score (nSPS) is 14.2. The smallest absolute Gasteiger partial charge is 0.347 e. The number of hydrogen-bond acceptors (Lipinski definition) is 10. The van der Waals surface area contributed by atoms with Crippen molar-refractivity contribution in [3.05, 3.63) is 46.5 Å². The third kappa shape index (κ3) is 6.05. The van der Waals surface area contributed by atoms with Crippen LogP contribution in [0.5, 0.6) is 0 Å². The molecule has 1 aromatic carbocycles. The summed E-state index contributed by atoms with van der Waals surface area (Å²) in [5, 5.41) is 18.6. The van der Waals surface area contributed by atoms with Crippen LogP contribution in [-0.2, 0) is 22.6 Å². The summed E-state index contributed by atoms with van der Waals surface area (Å²) in [5.41, 5.74) is 1.89. The highest BCUT2D eigenvalue weighted by molar-refractivity contribution is 7.80. The molecule has 1 amide bonds. The highest BCUT2D eigenvalue weighted by Gasteiger charge is 2.20. The van der Waals surface area contributed by atoms with Gasteiger partial charge in [-0.1, -0.05) is 23.5 Å². The molecule has 0 radical (unpaired) electrons. The number of carbonyl (C=O) groups excluding carboxylic acids is 1. The van der Waals surface area contributed by atoms with Gasteiger partial charge in [-0.3, -0.25) is 19.0 Å². The number of carboxylic acids is 1. The molecule has 1 aliphatic heterocycles. The maximum Gasteiger partial charge on any atom is 0.347 e. The van der Waals surface area contributed by atoms with E-state index in [0.717, 1.165) is 16.9 Å². The van der Waals surface area contributed by atoms with Gasteiger partial charge in [0.1, 0.15) is 16.5 Å². The summed E-state index contributed by atoms with van der Waals surface area (Å²) in [6.45, 7) is 3.23. The Hall–Kier alpha value is -3.82. The number of hydrogen-bond donors (Lipinski definition) is 5. The topological polar surface area (TPSA) is 173 Å². The van der Waals surface area contributed by atoms with Gasteiger partial charge in [0, 0.05) is 32.7 Å². The molecular formula is C21H24N8O5S2. The van der Waals surface area contributed by atoms with Gasteiger partial charge in [-0.15, -0.1) is 0 Å². The fraction of sp³-hybridized carbons (Fsp3) is 0.286. The molecule has 1 unspecified atom stereocenters. The van der Waals surface area contributed by atoms with E-state index in [-0.39, 0.29) is 23.3 Å². The van der Waals surface area contributed by atoms with Crippen LogP contribution in [0.15, 0.2) is 30.3 Å². The van der Waals surface area contributed by atoms with Crippen molar-refractivity contribution in [2.24, 2.45) is 0 Å². The van der Waals surface area contributed by atoms with Gasteiger partial charge < -0.3 is 20.6 Å². The molecule has 3 aromatic rings. The number of carboxylic acid groups (broad SMARTS) is 1. The lowest BCUT2D eigenvalue weighted by Crippen LogP contribution is -2.48. The molecule has 15 heteroatoms. The predicted octanol–water partition coefficient (Wildman–Crippen LogP) is 1.80. The Bertz CT molecular complexity index is 1300. The summed E-state index contributed by atoms with van der Waals surface area (Å²) in [7, 11) is 1.52. The van der Waals surface area contributed by atoms with Crippen LogP contribution in [0.25, 0.3) is 0 Å². The third-order valence-corrected chi connectivity index (χ3v) is 7.03. The highest BCUT2D eigenvalue weighted by Crippen LogP contribution is 2.27. The number of carbonyl (C=O) groups is 2. The second-order valence-electron chi connectivity index (χ2n) is 7.82. The van der Waals surface area contributed by atoms with E-state index in [9.17, 15) is 23.5 Å². The van der Waals surface area contributed by atoms with Crippen molar-refractivity contribution in [1.82, 2.24) is 20.3 Å². The van der Waals surface area contributed by atoms with Crippen molar-refractivity contribution in [2.75, 3.05) is 46.5 Å². The molecule has 5 N–H and O–H groups in total.